The van der Waals surface area contributed by atoms with Crippen molar-refractivity contribution in [3.8, 4) is 0 Å². The highest BCUT2D eigenvalue weighted by Crippen LogP contribution is 2.25. The summed E-state index contributed by atoms with van der Waals surface area (Å²) in [6.45, 7) is 0.366. The van der Waals surface area contributed by atoms with E-state index in [1.807, 2.05) is 0 Å². The van der Waals surface area contributed by atoms with Crippen LogP contribution in [0.3, 0.4) is 0 Å². The maximum absolute atomic E-state index is 13.4. The van der Waals surface area contributed by atoms with Crippen molar-refractivity contribution in [3.05, 3.63) is 35.4 Å². The van der Waals surface area contributed by atoms with Crippen LogP contribution in [0.25, 0.3) is 0 Å². The molecule has 0 saturated heterocycles. The van der Waals surface area contributed by atoms with E-state index < -0.39 is 17.5 Å². The van der Waals surface area contributed by atoms with Crippen molar-refractivity contribution < 1.29 is 18.4 Å². The second-order valence-corrected chi connectivity index (χ2v) is 5.95. The fourth-order valence-corrected chi connectivity index (χ4v) is 2.88. The molecule has 1 fully saturated rings. The molecule has 0 aliphatic heterocycles. The molecule has 0 heterocycles. The summed E-state index contributed by atoms with van der Waals surface area (Å²) in [5.74, 6) is -2.06. The summed E-state index contributed by atoms with van der Waals surface area (Å²) < 4.78 is 26.2. The van der Waals surface area contributed by atoms with Crippen LogP contribution in [0, 0.1) is 17.6 Å². The fraction of sp³-hybridized carbons (Fsp3) is 0.529. The molecule has 6 heteroatoms. The zero-order chi connectivity index (χ0) is 16.7. The van der Waals surface area contributed by atoms with Gasteiger partial charge in [0.15, 0.2) is 0 Å². The van der Waals surface area contributed by atoms with Crippen LogP contribution in [0.5, 0.6) is 0 Å². The third kappa shape index (κ3) is 5.62. The Labute approximate surface area is 134 Å². The van der Waals surface area contributed by atoms with E-state index in [0.717, 1.165) is 18.6 Å². The van der Waals surface area contributed by atoms with Gasteiger partial charge in [-0.05, 0) is 24.5 Å². The number of rotatable bonds is 6. The minimum absolute atomic E-state index is 0.222. The van der Waals surface area contributed by atoms with Gasteiger partial charge in [0.1, 0.15) is 11.6 Å². The highest BCUT2D eigenvalue weighted by atomic mass is 19.1. The van der Waals surface area contributed by atoms with Gasteiger partial charge in [-0.15, -0.1) is 0 Å². The molecule has 0 atom stereocenters. The third-order valence-electron chi connectivity index (χ3n) is 4.18. The molecule has 1 aromatic rings. The van der Waals surface area contributed by atoms with Gasteiger partial charge in [-0.1, -0.05) is 32.1 Å². The third-order valence-corrected chi connectivity index (χ3v) is 4.18. The fourth-order valence-electron chi connectivity index (χ4n) is 2.88. The quantitative estimate of drug-likeness (QED) is 0.845. The number of carbonyl (C=O) groups is 2. The second-order valence-electron chi connectivity index (χ2n) is 5.95. The first-order valence-electron chi connectivity index (χ1n) is 8.06. The van der Waals surface area contributed by atoms with Crippen LogP contribution in [0.15, 0.2) is 18.2 Å². The van der Waals surface area contributed by atoms with Crippen LogP contribution < -0.4 is 10.6 Å². The van der Waals surface area contributed by atoms with Gasteiger partial charge in [0.05, 0.1) is 12.1 Å². The summed E-state index contributed by atoms with van der Waals surface area (Å²) >= 11 is 0. The lowest BCUT2D eigenvalue weighted by Gasteiger charge is -2.21. The summed E-state index contributed by atoms with van der Waals surface area (Å²) in [5.41, 5.74) is -0.276. The van der Waals surface area contributed by atoms with Gasteiger partial charge in [0, 0.05) is 12.6 Å². The van der Waals surface area contributed by atoms with E-state index >= 15 is 0 Å². The van der Waals surface area contributed by atoms with E-state index in [4.69, 9.17) is 0 Å². The lowest BCUT2D eigenvalue weighted by Crippen LogP contribution is -2.38. The Hall–Kier alpha value is -1.98. The molecule has 4 nitrogen and oxygen atoms in total. The van der Waals surface area contributed by atoms with Gasteiger partial charge in [-0.2, -0.15) is 0 Å². The minimum Gasteiger partial charge on any atom is -0.355 e. The van der Waals surface area contributed by atoms with Crippen LogP contribution in [0.4, 0.5) is 8.78 Å². The maximum Gasteiger partial charge on any atom is 0.254 e. The molecule has 1 saturated carbocycles. The van der Waals surface area contributed by atoms with E-state index in [0.29, 0.717) is 18.5 Å². The number of carbonyl (C=O) groups excluding carboxylic acids is 2. The Kier molecular flexibility index (Phi) is 6.50. The average Bonchev–Trinajstić information content (AvgIpc) is 2.53. The van der Waals surface area contributed by atoms with E-state index in [1.54, 1.807) is 0 Å². The molecule has 1 aromatic carbocycles. The minimum atomic E-state index is -0.944. The molecule has 0 spiro atoms. The summed E-state index contributed by atoms with van der Waals surface area (Å²) in [6.07, 6.45) is 7.21. The number of amides is 2. The molecule has 0 unspecified atom stereocenters. The van der Waals surface area contributed by atoms with E-state index in [9.17, 15) is 18.4 Å². The Morgan fingerprint density at radius 2 is 1.83 bits per heavy atom. The molecule has 0 aromatic heterocycles. The SMILES string of the molecule is O=C(CNC(=O)c1ccc(F)cc1F)NCCC1CCCCC1. The zero-order valence-electron chi connectivity index (χ0n) is 13.0. The average molecular weight is 324 g/mol. The smallest absolute Gasteiger partial charge is 0.254 e. The van der Waals surface area contributed by atoms with Crippen molar-refractivity contribution in [2.75, 3.05) is 13.1 Å². The van der Waals surface area contributed by atoms with Crippen LogP contribution in [0.1, 0.15) is 48.9 Å². The molecule has 2 amide bonds. The summed E-state index contributed by atoms with van der Waals surface area (Å²) in [4.78, 5) is 23.4. The number of hydrogen-bond acceptors (Lipinski definition) is 2. The van der Waals surface area contributed by atoms with Crippen molar-refractivity contribution in [2.24, 2.45) is 5.92 Å². The number of benzene rings is 1. The van der Waals surface area contributed by atoms with Crippen molar-refractivity contribution >= 4 is 11.8 Å². The molecule has 23 heavy (non-hydrogen) atoms. The Morgan fingerprint density at radius 1 is 1.09 bits per heavy atom. The molecule has 126 valence electrons. The number of nitrogens with one attached hydrogen (secondary N) is 2. The molecule has 2 N–H and O–H groups in total. The molecule has 1 aliphatic rings. The van der Waals surface area contributed by atoms with Gasteiger partial charge < -0.3 is 10.6 Å². The van der Waals surface area contributed by atoms with Crippen LogP contribution in [-0.4, -0.2) is 24.9 Å². The molecular weight excluding hydrogens is 302 g/mol. The first-order valence-corrected chi connectivity index (χ1v) is 8.06. The molecule has 2 rings (SSSR count). The van der Waals surface area contributed by atoms with Gasteiger partial charge in [0.2, 0.25) is 5.91 Å². The van der Waals surface area contributed by atoms with Crippen molar-refractivity contribution in [3.63, 3.8) is 0 Å². The maximum atomic E-state index is 13.4. The lowest BCUT2D eigenvalue weighted by molar-refractivity contribution is -0.120. The van der Waals surface area contributed by atoms with Crippen LogP contribution in [-0.2, 0) is 4.79 Å². The van der Waals surface area contributed by atoms with Crippen molar-refractivity contribution in [1.29, 1.82) is 0 Å². The number of hydrogen-bond donors (Lipinski definition) is 2. The predicted octanol–water partition coefficient (Wildman–Crippen LogP) is 2.78. The van der Waals surface area contributed by atoms with Crippen LogP contribution in [0.2, 0.25) is 0 Å². The van der Waals surface area contributed by atoms with E-state index in [1.165, 1.54) is 32.1 Å². The summed E-state index contributed by atoms with van der Waals surface area (Å²) in [7, 11) is 0. The first-order chi connectivity index (χ1) is 11.1. The molecule has 0 bridgehead atoms. The molecule has 1 aliphatic carbocycles. The Balaban J connectivity index is 1.68. The number of halogens is 2. The normalized spacial score (nSPS) is 15.2. The summed E-state index contributed by atoms with van der Waals surface area (Å²) in [6, 6.07) is 2.70. The second kappa shape index (κ2) is 8.60. The van der Waals surface area contributed by atoms with Gasteiger partial charge in [0.25, 0.3) is 5.91 Å². The monoisotopic (exact) mass is 324 g/mol. The zero-order valence-corrected chi connectivity index (χ0v) is 13.0. The largest absolute Gasteiger partial charge is 0.355 e. The van der Waals surface area contributed by atoms with Gasteiger partial charge >= 0.3 is 0 Å². The van der Waals surface area contributed by atoms with Gasteiger partial charge in [-0.25, -0.2) is 8.78 Å². The Morgan fingerprint density at radius 3 is 2.52 bits per heavy atom. The van der Waals surface area contributed by atoms with E-state index in [-0.39, 0.29) is 18.0 Å². The highest BCUT2D eigenvalue weighted by molar-refractivity contribution is 5.96. The summed E-state index contributed by atoms with van der Waals surface area (Å²) in [5, 5.41) is 5.09. The highest BCUT2D eigenvalue weighted by Gasteiger charge is 2.15. The van der Waals surface area contributed by atoms with Gasteiger partial charge in [-0.3, -0.25) is 9.59 Å². The topological polar surface area (TPSA) is 58.2 Å². The van der Waals surface area contributed by atoms with E-state index in [2.05, 4.69) is 10.6 Å². The first kappa shape index (κ1) is 17.4. The Bertz CT molecular complexity index is 558. The molecule has 0 radical (unpaired) electrons. The van der Waals surface area contributed by atoms with Crippen molar-refractivity contribution in [1.82, 2.24) is 10.6 Å². The standard InChI is InChI=1S/C17H22F2N2O2/c18-13-6-7-14(15(19)10-13)17(23)21-11-16(22)20-9-8-12-4-2-1-3-5-12/h6-7,10,12H,1-5,8-9,11H2,(H,20,22)(H,21,23). The molecular formula is C17H22F2N2O2. The van der Waals surface area contributed by atoms with Crippen molar-refractivity contribution in [2.45, 2.75) is 38.5 Å². The van der Waals surface area contributed by atoms with Crippen LogP contribution >= 0.6 is 0 Å². The lowest BCUT2D eigenvalue weighted by atomic mass is 9.87. The predicted molar refractivity (Wildman–Crippen MR) is 82.9 cm³/mol.